The minimum absolute atomic E-state index is 0.0708. The molecule has 1 unspecified atom stereocenters. The number of nitrogens with one attached hydrogen (secondary N) is 1. The van der Waals surface area contributed by atoms with Crippen LogP contribution in [0.1, 0.15) is 55.0 Å². The van der Waals surface area contributed by atoms with Crippen molar-refractivity contribution < 1.29 is 4.79 Å². The molecular formula is C13H23N3OS. The highest BCUT2D eigenvalue weighted by atomic mass is 32.1. The third kappa shape index (κ3) is 5.14. The maximum absolute atomic E-state index is 11.9. The quantitative estimate of drug-likeness (QED) is 0.712. The van der Waals surface area contributed by atoms with Crippen molar-refractivity contribution in [1.82, 2.24) is 10.3 Å². The van der Waals surface area contributed by atoms with Crippen LogP contribution in [0.2, 0.25) is 0 Å². The van der Waals surface area contributed by atoms with E-state index in [2.05, 4.69) is 17.2 Å². The van der Waals surface area contributed by atoms with Gasteiger partial charge in [0.25, 0.3) is 5.91 Å². The maximum atomic E-state index is 11.9. The van der Waals surface area contributed by atoms with E-state index in [9.17, 15) is 4.79 Å². The van der Waals surface area contributed by atoms with Crippen molar-refractivity contribution in [2.24, 2.45) is 5.73 Å². The fourth-order valence-corrected chi connectivity index (χ4v) is 2.52. The van der Waals surface area contributed by atoms with Crippen molar-refractivity contribution in [1.29, 1.82) is 0 Å². The van der Waals surface area contributed by atoms with Crippen LogP contribution in [0.3, 0.4) is 0 Å². The third-order valence-electron chi connectivity index (χ3n) is 2.76. The largest absolute Gasteiger partial charge is 0.348 e. The second kappa shape index (κ2) is 8.21. The predicted molar refractivity (Wildman–Crippen MR) is 75.9 cm³/mol. The number of unbranched alkanes of at least 4 members (excludes halogenated alkanes) is 2. The first-order valence-corrected chi connectivity index (χ1v) is 7.50. The number of carbonyl (C=O) groups is 1. The van der Waals surface area contributed by atoms with Crippen LogP contribution < -0.4 is 11.1 Å². The number of nitrogens with two attached hydrogens (primary N) is 1. The molecule has 5 heteroatoms. The third-order valence-corrected chi connectivity index (χ3v) is 3.67. The van der Waals surface area contributed by atoms with Gasteiger partial charge in [-0.25, -0.2) is 4.98 Å². The molecule has 0 radical (unpaired) electrons. The van der Waals surface area contributed by atoms with Gasteiger partial charge in [-0.2, -0.15) is 0 Å². The number of hydrogen-bond acceptors (Lipinski definition) is 4. The van der Waals surface area contributed by atoms with E-state index in [0.29, 0.717) is 12.2 Å². The van der Waals surface area contributed by atoms with Gasteiger partial charge >= 0.3 is 0 Å². The molecule has 0 bridgehead atoms. The summed E-state index contributed by atoms with van der Waals surface area (Å²) in [5.41, 5.74) is 5.98. The van der Waals surface area contributed by atoms with E-state index < -0.39 is 0 Å². The van der Waals surface area contributed by atoms with Gasteiger partial charge in [-0.1, -0.05) is 26.2 Å². The number of rotatable bonds is 8. The Bertz CT molecular complexity index is 365. The van der Waals surface area contributed by atoms with Crippen LogP contribution in [0.25, 0.3) is 0 Å². The maximum Gasteiger partial charge on any atom is 0.270 e. The molecule has 1 amide bonds. The van der Waals surface area contributed by atoms with E-state index in [1.807, 2.05) is 6.92 Å². The summed E-state index contributed by atoms with van der Waals surface area (Å²) in [6.07, 6.45) is 5.35. The summed E-state index contributed by atoms with van der Waals surface area (Å²) in [7, 11) is 0. The second-order valence-corrected chi connectivity index (χ2v) is 5.48. The Morgan fingerprint density at radius 2 is 2.33 bits per heavy atom. The molecule has 1 aromatic heterocycles. The lowest BCUT2D eigenvalue weighted by atomic mass is 10.1. The molecule has 102 valence electrons. The van der Waals surface area contributed by atoms with Gasteiger partial charge < -0.3 is 11.1 Å². The smallest absolute Gasteiger partial charge is 0.270 e. The first-order valence-electron chi connectivity index (χ1n) is 6.62. The average Bonchev–Trinajstić information content (AvgIpc) is 2.78. The number of nitrogens with zero attached hydrogens (tertiary/aromatic N) is 1. The number of thiazole rings is 1. The lowest BCUT2D eigenvalue weighted by Crippen LogP contribution is -2.32. The van der Waals surface area contributed by atoms with Gasteiger partial charge in [0.15, 0.2) is 0 Å². The van der Waals surface area contributed by atoms with E-state index in [0.717, 1.165) is 24.3 Å². The molecule has 0 aliphatic rings. The summed E-state index contributed by atoms with van der Waals surface area (Å²) < 4.78 is 0. The zero-order chi connectivity index (χ0) is 13.4. The Labute approximate surface area is 113 Å². The van der Waals surface area contributed by atoms with E-state index in [1.54, 1.807) is 5.38 Å². The summed E-state index contributed by atoms with van der Waals surface area (Å²) in [5, 5.41) is 5.72. The van der Waals surface area contributed by atoms with Crippen molar-refractivity contribution in [2.45, 2.75) is 52.0 Å². The minimum atomic E-state index is -0.0708. The minimum Gasteiger partial charge on any atom is -0.348 e. The Kier molecular flexibility index (Phi) is 6.90. The molecule has 0 saturated heterocycles. The van der Waals surface area contributed by atoms with Crippen molar-refractivity contribution in [3.63, 3.8) is 0 Å². The SMILES string of the molecule is CCCCCC(C)NC(=O)c1csc(CCN)n1. The number of aromatic nitrogens is 1. The van der Waals surface area contributed by atoms with Crippen LogP contribution >= 0.6 is 11.3 Å². The standard InChI is InChI=1S/C13H23N3OS/c1-3-4-5-6-10(2)15-13(17)11-9-18-12(16-11)7-8-14/h9-10H,3-8,14H2,1-2H3,(H,15,17). The molecule has 3 N–H and O–H groups in total. The first-order chi connectivity index (χ1) is 8.67. The summed E-state index contributed by atoms with van der Waals surface area (Å²) in [6.45, 7) is 4.79. The molecule has 18 heavy (non-hydrogen) atoms. The van der Waals surface area contributed by atoms with Crippen LogP contribution in [0.4, 0.5) is 0 Å². The van der Waals surface area contributed by atoms with Crippen LogP contribution in [0, 0.1) is 0 Å². The average molecular weight is 269 g/mol. The molecule has 0 aromatic carbocycles. The van der Waals surface area contributed by atoms with Gasteiger partial charge in [-0.15, -0.1) is 11.3 Å². The zero-order valence-corrected chi connectivity index (χ0v) is 12.1. The van der Waals surface area contributed by atoms with Gasteiger partial charge in [0.05, 0.1) is 5.01 Å². The number of carbonyl (C=O) groups excluding carboxylic acids is 1. The molecule has 0 aliphatic heterocycles. The van der Waals surface area contributed by atoms with Gasteiger partial charge in [0.2, 0.25) is 0 Å². The Morgan fingerprint density at radius 1 is 1.56 bits per heavy atom. The van der Waals surface area contributed by atoms with Crippen LogP contribution in [0.15, 0.2) is 5.38 Å². The van der Waals surface area contributed by atoms with E-state index in [1.165, 1.54) is 24.2 Å². The first kappa shape index (κ1) is 15.1. The highest BCUT2D eigenvalue weighted by molar-refractivity contribution is 7.09. The lowest BCUT2D eigenvalue weighted by Gasteiger charge is -2.12. The van der Waals surface area contributed by atoms with Crippen LogP contribution in [0.5, 0.6) is 0 Å². The molecule has 0 spiro atoms. The molecule has 0 saturated carbocycles. The fourth-order valence-electron chi connectivity index (χ4n) is 1.72. The topological polar surface area (TPSA) is 68.0 Å². The summed E-state index contributed by atoms with van der Waals surface area (Å²) >= 11 is 1.50. The van der Waals surface area contributed by atoms with E-state index in [-0.39, 0.29) is 11.9 Å². The number of amides is 1. The van der Waals surface area contributed by atoms with Crippen molar-refractivity contribution in [2.75, 3.05) is 6.54 Å². The van der Waals surface area contributed by atoms with E-state index in [4.69, 9.17) is 5.73 Å². The summed E-state index contributed by atoms with van der Waals surface area (Å²) in [6, 6.07) is 0.212. The molecular weight excluding hydrogens is 246 g/mol. The Morgan fingerprint density at radius 3 is 3.00 bits per heavy atom. The fraction of sp³-hybridized carbons (Fsp3) is 0.692. The van der Waals surface area contributed by atoms with Crippen LogP contribution in [-0.2, 0) is 6.42 Å². The van der Waals surface area contributed by atoms with Gasteiger partial charge in [-0.3, -0.25) is 4.79 Å². The lowest BCUT2D eigenvalue weighted by molar-refractivity contribution is 0.0933. The van der Waals surface area contributed by atoms with Crippen LogP contribution in [-0.4, -0.2) is 23.5 Å². The summed E-state index contributed by atoms with van der Waals surface area (Å²) in [4.78, 5) is 16.2. The highest BCUT2D eigenvalue weighted by Crippen LogP contribution is 2.10. The van der Waals surface area contributed by atoms with E-state index >= 15 is 0 Å². The zero-order valence-electron chi connectivity index (χ0n) is 11.2. The molecule has 0 aliphatic carbocycles. The normalized spacial score (nSPS) is 12.4. The molecule has 1 rings (SSSR count). The van der Waals surface area contributed by atoms with Crippen molar-refractivity contribution in [3.8, 4) is 0 Å². The number of hydrogen-bond donors (Lipinski definition) is 2. The highest BCUT2D eigenvalue weighted by Gasteiger charge is 2.12. The predicted octanol–water partition coefficient (Wildman–Crippen LogP) is 2.34. The molecule has 0 fully saturated rings. The monoisotopic (exact) mass is 269 g/mol. The van der Waals surface area contributed by atoms with Gasteiger partial charge in [0, 0.05) is 17.8 Å². The molecule has 1 atom stereocenters. The Hall–Kier alpha value is -0.940. The summed E-state index contributed by atoms with van der Waals surface area (Å²) in [5.74, 6) is -0.0708. The molecule has 1 aromatic rings. The molecule has 4 nitrogen and oxygen atoms in total. The van der Waals surface area contributed by atoms with Gasteiger partial charge in [0.1, 0.15) is 5.69 Å². The van der Waals surface area contributed by atoms with Gasteiger partial charge in [-0.05, 0) is 19.9 Å². The molecule has 1 heterocycles. The second-order valence-electron chi connectivity index (χ2n) is 4.54. The Balaban J connectivity index is 2.38. The van der Waals surface area contributed by atoms with Crippen molar-refractivity contribution in [3.05, 3.63) is 16.1 Å². The van der Waals surface area contributed by atoms with Crippen molar-refractivity contribution >= 4 is 17.2 Å².